The molecule has 5 heteroatoms. The molecule has 0 aliphatic rings. The van der Waals surface area contributed by atoms with Crippen LogP contribution in [0.15, 0.2) is 47.8 Å². The molecule has 4 nitrogen and oxygen atoms in total. The van der Waals surface area contributed by atoms with Crippen molar-refractivity contribution in [2.24, 2.45) is 0 Å². The number of amides is 1. The Kier molecular flexibility index (Phi) is 5.72. The van der Waals surface area contributed by atoms with E-state index in [-0.39, 0.29) is 12.0 Å². The Labute approximate surface area is 134 Å². The van der Waals surface area contributed by atoms with Crippen LogP contribution < -0.4 is 5.32 Å². The summed E-state index contributed by atoms with van der Waals surface area (Å²) in [6.45, 7) is 3.58. The standard InChI is InChI=1S/C17H19NO3S/c1-12(2)21-17(20)15(11-14-9-6-10-22-14)18-16(19)13-7-4-3-5-8-13/h3-10,12,15H,11H2,1-2H3,(H,18,19)/t15-/m0/s1. The lowest BCUT2D eigenvalue weighted by Gasteiger charge is -2.18. The second-order valence-electron chi connectivity index (χ2n) is 5.16. The molecule has 0 unspecified atom stereocenters. The first-order valence-corrected chi connectivity index (χ1v) is 8.03. The second-order valence-corrected chi connectivity index (χ2v) is 6.19. The van der Waals surface area contributed by atoms with Crippen LogP contribution in [0.25, 0.3) is 0 Å². The number of nitrogens with one attached hydrogen (secondary N) is 1. The first-order valence-electron chi connectivity index (χ1n) is 7.15. The molecule has 116 valence electrons. The molecule has 2 rings (SSSR count). The van der Waals surface area contributed by atoms with Crippen molar-refractivity contribution in [1.82, 2.24) is 5.32 Å². The van der Waals surface area contributed by atoms with E-state index in [1.165, 1.54) is 0 Å². The minimum absolute atomic E-state index is 0.216. The number of thiophene rings is 1. The highest BCUT2D eigenvalue weighted by molar-refractivity contribution is 7.09. The van der Waals surface area contributed by atoms with Gasteiger partial charge < -0.3 is 10.1 Å². The largest absolute Gasteiger partial charge is 0.461 e. The predicted molar refractivity (Wildman–Crippen MR) is 86.9 cm³/mol. The molecule has 0 saturated carbocycles. The van der Waals surface area contributed by atoms with Crippen molar-refractivity contribution in [3.63, 3.8) is 0 Å². The number of hydrogen-bond donors (Lipinski definition) is 1. The van der Waals surface area contributed by atoms with Crippen molar-refractivity contribution in [3.8, 4) is 0 Å². The van der Waals surface area contributed by atoms with Gasteiger partial charge in [0, 0.05) is 16.9 Å². The van der Waals surface area contributed by atoms with Gasteiger partial charge in [0.2, 0.25) is 0 Å². The average Bonchev–Trinajstić information content (AvgIpc) is 2.99. The van der Waals surface area contributed by atoms with Crippen LogP contribution in [-0.4, -0.2) is 24.0 Å². The maximum absolute atomic E-state index is 12.3. The quantitative estimate of drug-likeness (QED) is 0.833. The first-order chi connectivity index (χ1) is 10.6. The highest BCUT2D eigenvalue weighted by Gasteiger charge is 2.24. The molecular formula is C17H19NO3S. The monoisotopic (exact) mass is 317 g/mol. The molecule has 0 fully saturated rings. The van der Waals surface area contributed by atoms with Crippen LogP contribution in [0.4, 0.5) is 0 Å². The summed E-state index contributed by atoms with van der Waals surface area (Å²) in [5.41, 5.74) is 0.524. The topological polar surface area (TPSA) is 55.4 Å². The lowest BCUT2D eigenvalue weighted by Crippen LogP contribution is -2.44. The Hall–Kier alpha value is -2.14. The molecule has 1 aromatic carbocycles. The van der Waals surface area contributed by atoms with Gasteiger partial charge >= 0.3 is 5.97 Å². The van der Waals surface area contributed by atoms with Gasteiger partial charge in [0.25, 0.3) is 5.91 Å². The fourth-order valence-corrected chi connectivity index (χ4v) is 2.72. The zero-order valence-electron chi connectivity index (χ0n) is 12.6. The summed E-state index contributed by atoms with van der Waals surface area (Å²) in [6.07, 6.45) is 0.217. The summed E-state index contributed by atoms with van der Waals surface area (Å²) in [4.78, 5) is 25.5. The Morgan fingerprint density at radius 2 is 1.86 bits per heavy atom. The fourth-order valence-electron chi connectivity index (χ4n) is 1.97. The summed E-state index contributed by atoms with van der Waals surface area (Å²) >= 11 is 1.55. The predicted octanol–water partition coefficient (Wildman–Crippen LogP) is 3.04. The average molecular weight is 317 g/mol. The van der Waals surface area contributed by atoms with E-state index >= 15 is 0 Å². The third-order valence-corrected chi connectivity index (χ3v) is 3.86. The first kappa shape index (κ1) is 16.2. The molecule has 0 saturated heterocycles. The maximum atomic E-state index is 12.3. The van der Waals surface area contributed by atoms with Gasteiger partial charge in [-0.3, -0.25) is 4.79 Å². The number of benzene rings is 1. The van der Waals surface area contributed by atoms with E-state index in [4.69, 9.17) is 4.74 Å². The summed E-state index contributed by atoms with van der Waals surface area (Å²) in [6, 6.07) is 12.0. The van der Waals surface area contributed by atoms with Crippen molar-refractivity contribution in [2.45, 2.75) is 32.4 Å². The number of carbonyl (C=O) groups excluding carboxylic acids is 2. The van der Waals surface area contributed by atoms with Crippen molar-refractivity contribution >= 4 is 23.2 Å². The van der Waals surface area contributed by atoms with Crippen LogP contribution in [-0.2, 0) is 16.0 Å². The molecule has 1 aromatic heterocycles. The Bertz CT molecular complexity index is 608. The summed E-state index contributed by atoms with van der Waals surface area (Å²) in [7, 11) is 0. The molecule has 0 radical (unpaired) electrons. The molecule has 22 heavy (non-hydrogen) atoms. The van der Waals surface area contributed by atoms with Crippen LogP contribution in [0.5, 0.6) is 0 Å². The number of ether oxygens (including phenoxy) is 1. The zero-order valence-corrected chi connectivity index (χ0v) is 13.4. The molecule has 1 amide bonds. The smallest absolute Gasteiger partial charge is 0.329 e. The minimum atomic E-state index is -0.686. The van der Waals surface area contributed by atoms with Crippen LogP contribution in [0.3, 0.4) is 0 Å². The zero-order chi connectivity index (χ0) is 15.9. The molecular weight excluding hydrogens is 298 g/mol. The highest BCUT2D eigenvalue weighted by Crippen LogP contribution is 2.13. The minimum Gasteiger partial charge on any atom is -0.461 e. The molecule has 1 N–H and O–H groups in total. The molecule has 1 atom stereocenters. The second kappa shape index (κ2) is 7.75. The summed E-state index contributed by atoms with van der Waals surface area (Å²) < 4.78 is 5.25. The molecule has 2 aromatic rings. The molecule has 0 aliphatic heterocycles. The van der Waals surface area contributed by atoms with Gasteiger partial charge in [-0.1, -0.05) is 24.3 Å². The lowest BCUT2D eigenvalue weighted by molar-refractivity contribution is -0.149. The van der Waals surface area contributed by atoms with Crippen molar-refractivity contribution in [3.05, 3.63) is 58.3 Å². The van der Waals surface area contributed by atoms with Gasteiger partial charge in [-0.25, -0.2) is 4.79 Å². The number of hydrogen-bond acceptors (Lipinski definition) is 4. The van der Waals surface area contributed by atoms with E-state index in [1.54, 1.807) is 49.4 Å². The van der Waals surface area contributed by atoms with Crippen LogP contribution in [0.2, 0.25) is 0 Å². The van der Waals surface area contributed by atoms with E-state index < -0.39 is 12.0 Å². The van der Waals surface area contributed by atoms with Crippen molar-refractivity contribution < 1.29 is 14.3 Å². The fraction of sp³-hybridized carbons (Fsp3) is 0.294. The van der Waals surface area contributed by atoms with Gasteiger partial charge in [0.1, 0.15) is 6.04 Å². The number of carbonyl (C=O) groups is 2. The molecule has 0 spiro atoms. The van der Waals surface area contributed by atoms with E-state index in [9.17, 15) is 9.59 Å². The van der Waals surface area contributed by atoms with Crippen LogP contribution in [0, 0.1) is 0 Å². The Balaban J connectivity index is 2.09. The highest BCUT2D eigenvalue weighted by atomic mass is 32.1. The van der Waals surface area contributed by atoms with Gasteiger partial charge in [-0.2, -0.15) is 0 Å². The third kappa shape index (κ3) is 4.70. The lowest BCUT2D eigenvalue weighted by atomic mass is 10.1. The van der Waals surface area contributed by atoms with E-state index in [0.29, 0.717) is 12.0 Å². The normalized spacial score (nSPS) is 12.0. The van der Waals surface area contributed by atoms with E-state index in [1.807, 2.05) is 23.6 Å². The molecule has 0 bridgehead atoms. The van der Waals surface area contributed by atoms with Gasteiger partial charge in [0.05, 0.1) is 6.10 Å². The van der Waals surface area contributed by atoms with Gasteiger partial charge in [-0.15, -0.1) is 11.3 Å². The molecule has 1 heterocycles. The summed E-state index contributed by atoms with van der Waals surface area (Å²) in [5, 5.41) is 4.71. The van der Waals surface area contributed by atoms with Gasteiger partial charge in [0.15, 0.2) is 0 Å². The Morgan fingerprint density at radius 3 is 2.45 bits per heavy atom. The van der Waals surface area contributed by atoms with Crippen molar-refractivity contribution in [2.75, 3.05) is 0 Å². The number of esters is 1. The van der Waals surface area contributed by atoms with Crippen molar-refractivity contribution in [1.29, 1.82) is 0 Å². The van der Waals surface area contributed by atoms with Crippen LogP contribution >= 0.6 is 11.3 Å². The maximum Gasteiger partial charge on any atom is 0.329 e. The van der Waals surface area contributed by atoms with E-state index in [2.05, 4.69) is 5.32 Å². The molecule has 0 aliphatic carbocycles. The van der Waals surface area contributed by atoms with Crippen LogP contribution in [0.1, 0.15) is 29.1 Å². The third-order valence-electron chi connectivity index (χ3n) is 2.96. The number of rotatable bonds is 6. The SMILES string of the molecule is CC(C)OC(=O)[C@H](Cc1cccs1)NC(=O)c1ccccc1. The van der Waals surface area contributed by atoms with E-state index in [0.717, 1.165) is 4.88 Å². The Morgan fingerprint density at radius 1 is 1.14 bits per heavy atom. The van der Waals surface area contributed by atoms with Gasteiger partial charge in [-0.05, 0) is 37.4 Å². The summed E-state index contributed by atoms with van der Waals surface area (Å²) in [5.74, 6) is -0.685.